The molecule has 0 aromatic rings. The summed E-state index contributed by atoms with van der Waals surface area (Å²) in [6.45, 7) is 12.2. The second-order valence-electron chi connectivity index (χ2n) is 6.15. The maximum Gasteiger partial charge on any atom is 0.0125 e. The van der Waals surface area contributed by atoms with E-state index in [1.807, 2.05) is 0 Å². The van der Waals surface area contributed by atoms with E-state index < -0.39 is 0 Å². The number of piperidine rings is 1. The molecule has 2 rings (SSSR count). The van der Waals surface area contributed by atoms with E-state index in [4.69, 9.17) is 0 Å². The van der Waals surface area contributed by atoms with E-state index >= 15 is 0 Å². The summed E-state index contributed by atoms with van der Waals surface area (Å²) < 4.78 is 0. The molecule has 1 aliphatic heterocycles. The van der Waals surface area contributed by atoms with Crippen molar-refractivity contribution < 1.29 is 0 Å². The monoisotopic (exact) mass is 181 g/mol. The summed E-state index contributed by atoms with van der Waals surface area (Å²) >= 11 is 0. The zero-order valence-corrected chi connectivity index (χ0v) is 9.51. The van der Waals surface area contributed by atoms with E-state index in [2.05, 4.69) is 32.6 Å². The van der Waals surface area contributed by atoms with Gasteiger partial charge in [0, 0.05) is 18.6 Å². The van der Waals surface area contributed by atoms with Crippen LogP contribution in [0.2, 0.25) is 0 Å². The molecule has 1 heterocycles. The Balaban J connectivity index is 2.05. The van der Waals surface area contributed by atoms with Gasteiger partial charge in [0.05, 0.1) is 0 Å². The van der Waals surface area contributed by atoms with Crippen LogP contribution in [0.5, 0.6) is 0 Å². The predicted octanol–water partition coefficient (Wildman–Crippen LogP) is 2.76. The highest BCUT2D eigenvalue weighted by Crippen LogP contribution is 2.42. The molecule has 1 saturated heterocycles. The molecule has 0 spiro atoms. The molecule has 76 valence electrons. The van der Waals surface area contributed by atoms with Crippen LogP contribution < -0.4 is 0 Å². The van der Waals surface area contributed by atoms with E-state index in [-0.39, 0.29) is 0 Å². The van der Waals surface area contributed by atoms with Crippen LogP contribution >= 0.6 is 0 Å². The van der Waals surface area contributed by atoms with Gasteiger partial charge in [-0.05, 0) is 51.4 Å². The molecule has 2 bridgehead atoms. The average Bonchev–Trinajstić information content (AvgIpc) is 2.24. The summed E-state index contributed by atoms with van der Waals surface area (Å²) in [6.07, 6.45) is 2.99. The lowest BCUT2D eigenvalue weighted by atomic mass is 9.92. The first-order chi connectivity index (χ1) is 5.97. The number of hydrogen-bond acceptors (Lipinski definition) is 1. The zero-order chi connectivity index (χ0) is 9.64. The van der Waals surface area contributed by atoms with Crippen LogP contribution in [-0.2, 0) is 0 Å². The molecular formula is C12H23N. The van der Waals surface area contributed by atoms with E-state index in [1.54, 1.807) is 0 Å². The van der Waals surface area contributed by atoms with Crippen molar-refractivity contribution in [1.29, 1.82) is 0 Å². The third-order valence-corrected chi connectivity index (χ3v) is 4.03. The fourth-order valence-electron chi connectivity index (χ4n) is 3.10. The minimum atomic E-state index is 0.390. The summed E-state index contributed by atoms with van der Waals surface area (Å²) in [5.74, 6) is 2.99. The molecule has 1 nitrogen and oxygen atoms in total. The van der Waals surface area contributed by atoms with E-state index in [9.17, 15) is 0 Å². The van der Waals surface area contributed by atoms with Crippen molar-refractivity contribution in [2.45, 2.75) is 46.1 Å². The largest absolute Gasteiger partial charge is 0.298 e. The Bertz CT molecular complexity index is 190. The highest BCUT2D eigenvalue weighted by Gasteiger charge is 2.40. The van der Waals surface area contributed by atoms with Crippen molar-refractivity contribution in [2.75, 3.05) is 13.1 Å². The van der Waals surface area contributed by atoms with Gasteiger partial charge >= 0.3 is 0 Å². The number of nitrogens with zero attached hydrogens (tertiary/aromatic N) is 1. The van der Waals surface area contributed by atoms with Gasteiger partial charge in [0.15, 0.2) is 0 Å². The Hall–Kier alpha value is -0.0400. The quantitative estimate of drug-likeness (QED) is 0.555. The van der Waals surface area contributed by atoms with Crippen molar-refractivity contribution in [3.63, 3.8) is 0 Å². The van der Waals surface area contributed by atoms with Gasteiger partial charge in [0.1, 0.15) is 0 Å². The van der Waals surface area contributed by atoms with Crippen LogP contribution in [0, 0.1) is 17.8 Å². The van der Waals surface area contributed by atoms with Crippen molar-refractivity contribution in [3.05, 3.63) is 0 Å². The number of rotatable bonds is 0. The minimum Gasteiger partial charge on any atom is -0.298 e. The molecule has 1 saturated carbocycles. The van der Waals surface area contributed by atoms with Gasteiger partial charge < -0.3 is 0 Å². The molecule has 1 heteroatoms. The molecule has 1 aliphatic carbocycles. The standard InChI is InChI=1S/C12H23N/c1-9-5-10-6-11(9)8-13(7-10)12(2,3)4/h9-11H,5-8H2,1-4H3. The fourth-order valence-corrected chi connectivity index (χ4v) is 3.10. The van der Waals surface area contributed by atoms with Crippen molar-refractivity contribution >= 4 is 0 Å². The Morgan fingerprint density at radius 3 is 2.31 bits per heavy atom. The summed E-state index contributed by atoms with van der Waals surface area (Å²) in [5, 5.41) is 0. The van der Waals surface area contributed by atoms with Gasteiger partial charge in [-0.3, -0.25) is 4.90 Å². The predicted molar refractivity (Wildman–Crippen MR) is 56.7 cm³/mol. The highest BCUT2D eigenvalue weighted by molar-refractivity contribution is 4.93. The lowest BCUT2D eigenvalue weighted by Crippen LogP contribution is -2.48. The van der Waals surface area contributed by atoms with Crippen LogP contribution in [0.3, 0.4) is 0 Å². The molecule has 0 aromatic carbocycles. The molecule has 2 fully saturated rings. The Morgan fingerprint density at radius 1 is 1.08 bits per heavy atom. The second kappa shape index (κ2) is 2.98. The fraction of sp³-hybridized carbons (Fsp3) is 1.00. The Morgan fingerprint density at radius 2 is 1.77 bits per heavy atom. The summed E-state index contributed by atoms with van der Waals surface area (Å²) in [4.78, 5) is 2.69. The number of fused-ring (bicyclic) bond motifs is 2. The Kier molecular flexibility index (Phi) is 2.18. The highest BCUT2D eigenvalue weighted by atomic mass is 15.2. The van der Waals surface area contributed by atoms with E-state index in [0.717, 1.165) is 17.8 Å². The number of hydrogen-bond donors (Lipinski definition) is 0. The first-order valence-corrected chi connectivity index (χ1v) is 5.72. The van der Waals surface area contributed by atoms with Crippen LogP contribution in [0.1, 0.15) is 40.5 Å². The average molecular weight is 181 g/mol. The van der Waals surface area contributed by atoms with Gasteiger partial charge in [-0.1, -0.05) is 6.92 Å². The van der Waals surface area contributed by atoms with Crippen LogP contribution in [0.4, 0.5) is 0 Å². The molecule has 0 N–H and O–H groups in total. The lowest BCUT2D eigenvalue weighted by Gasteiger charge is -2.41. The van der Waals surface area contributed by atoms with Crippen molar-refractivity contribution in [3.8, 4) is 0 Å². The Labute approximate surface area is 82.5 Å². The normalized spacial score (nSPS) is 41.1. The second-order valence-corrected chi connectivity index (χ2v) is 6.15. The third-order valence-electron chi connectivity index (χ3n) is 4.03. The molecule has 0 aromatic heterocycles. The topological polar surface area (TPSA) is 3.24 Å². The van der Waals surface area contributed by atoms with Gasteiger partial charge in [-0.2, -0.15) is 0 Å². The molecule has 2 aliphatic rings. The summed E-state index contributed by atoms with van der Waals surface area (Å²) in [7, 11) is 0. The summed E-state index contributed by atoms with van der Waals surface area (Å²) in [6, 6.07) is 0. The van der Waals surface area contributed by atoms with E-state index in [1.165, 1.54) is 25.9 Å². The maximum atomic E-state index is 2.69. The molecule has 13 heavy (non-hydrogen) atoms. The van der Waals surface area contributed by atoms with Crippen LogP contribution in [-0.4, -0.2) is 23.5 Å². The first kappa shape index (κ1) is 9.51. The van der Waals surface area contributed by atoms with Gasteiger partial charge in [0.25, 0.3) is 0 Å². The SMILES string of the molecule is CC1CC2CC1CN(C(C)(C)C)C2. The van der Waals surface area contributed by atoms with E-state index in [0.29, 0.717) is 5.54 Å². The van der Waals surface area contributed by atoms with Gasteiger partial charge in [0.2, 0.25) is 0 Å². The third kappa shape index (κ3) is 1.76. The van der Waals surface area contributed by atoms with Crippen LogP contribution in [0.15, 0.2) is 0 Å². The summed E-state index contributed by atoms with van der Waals surface area (Å²) in [5.41, 5.74) is 0.390. The first-order valence-electron chi connectivity index (χ1n) is 5.72. The molecule has 3 atom stereocenters. The molecule has 0 radical (unpaired) electrons. The minimum absolute atomic E-state index is 0.390. The van der Waals surface area contributed by atoms with Crippen molar-refractivity contribution in [1.82, 2.24) is 4.90 Å². The smallest absolute Gasteiger partial charge is 0.0125 e. The van der Waals surface area contributed by atoms with Gasteiger partial charge in [-0.25, -0.2) is 0 Å². The molecular weight excluding hydrogens is 158 g/mol. The van der Waals surface area contributed by atoms with Crippen LogP contribution in [0.25, 0.3) is 0 Å². The molecule has 3 unspecified atom stereocenters. The zero-order valence-electron chi connectivity index (χ0n) is 9.51. The van der Waals surface area contributed by atoms with Crippen molar-refractivity contribution in [2.24, 2.45) is 17.8 Å². The molecule has 0 amide bonds. The van der Waals surface area contributed by atoms with Gasteiger partial charge in [-0.15, -0.1) is 0 Å². The lowest BCUT2D eigenvalue weighted by molar-refractivity contribution is 0.0696. The number of likely N-dealkylation sites (tertiary alicyclic amines) is 1. The maximum absolute atomic E-state index is 2.69.